The summed E-state index contributed by atoms with van der Waals surface area (Å²) in [6.07, 6.45) is 6.47. The Balaban J connectivity index is 0.000000293. The average molecular weight is 394 g/mol. The van der Waals surface area contributed by atoms with E-state index in [1.165, 1.54) is 22.3 Å². The quantitative estimate of drug-likeness (QED) is 0.605. The van der Waals surface area contributed by atoms with Gasteiger partial charge in [0.2, 0.25) is 0 Å². The molecule has 0 nitrogen and oxygen atoms in total. The summed E-state index contributed by atoms with van der Waals surface area (Å²) in [5, 5.41) is 0. The van der Waals surface area contributed by atoms with Crippen molar-refractivity contribution in [1.29, 1.82) is 0 Å². The van der Waals surface area contributed by atoms with Crippen LogP contribution in [0, 0.1) is 20.3 Å². The van der Waals surface area contributed by atoms with Crippen molar-refractivity contribution in [3.8, 4) is 0 Å². The van der Waals surface area contributed by atoms with E-state index in [1.54, 1.807) is 0 Å². The van der Waals surface area contributed by atoms with Gasteiger partial charge in [-0.25, -0.2) is 0 Å². The second-order valence-electron chi connectivity index (χ2n) is 3.12. The van der Waals surface area contributed by atoms with Gasteiger partial charge in [-0.3, -0.25) is 0 Å². The summed E-state index contributed by atoms with van der Waals surface area (Å²) in [4.78, 5) is 0. The summed E-state index contributed by atoms with van der Waals surface area (Å²) in [6, 6.07) is 4.36. The monoisotopic (exact) mass is 391 g/mol. The van der Waals surface area contributed by atoms with Crippen LogP contribution in [-0.4, -0.2) is 0 Å². The fraction of sp³-hybridized carbons (Fsp3) is 0.182. The number of benzene rings is 1. The minimum absolute atomic E-state index is 0.145. The van der Waals surface area contributed by atoms with Crippen LogP contribution in [0.2, 0.25) is 0 Å². The van der Waals surface area contributed by atoms with Gasteiger partial charge >= 0.3 is 43.0 Å². The zero-order valence-corrected chi connectivity index (χ0v) is 13.8. The molecule has 1 radical (unpaired) electrons. The van der Waals surface area contributed by atoms with Crippen LogP contribution in [0.3, 0.4) is 0 Å². The number of fused-ring (bicyclic) bond motifs is 1. The molecule has 0 spiro atoms. The first kappa shape index (κ1) is 12.9. The van der Waals surface area contributed by atoms with Gasteiger partial charge in [0.1, 0.15) is 0 Å². The van der Waals surface area contributed by atoms with Gasteiger partial charge < -0.3 is 0 Å². The van der Waals surface area contributed by atoms with Gasteiger partial charge in [0.05, 0.1) is 0 Å². The fourth-order valence-corrected chi connectivity index (χ4v) is 1.54. The molecule has 0 amide bonds. The van der Waals surface area contributed by atoms with Gasteiger partial charge in [-0.05, 0) is 36.1 Å². The maximum absolute atomic E-state index is 3.23. The van der Waals surface area contributed by atoms with Crippen LogP contribution in [0.1, 0.15) is 22.3 Å². The second kappa shape index (κ2) is 6.40. The molecule has 0 N–H and O–H groups in total. The van der Waals surface area contributed by atoms with Gasteiger partial charge in [-0.15, -0.1) is 0 Å². The predicted molar refractivity (Wildman–Crippen MR) is 66.2 cm³/mol. The Morgan fingerprint density at radius 2 is 1.50 bits per heavy atom. The molecule has 2 rings (SSSR count). The number of rotatable bonds is 0. The van der Waals surface area contributed by atoms with E-state index >= 15 is 0 Å². The van der Waals surface area contributed by atoms with E-state index in [9.17, 15) is 0 Å². The first-order valence-corrected chi connectivity index (χ1v) is 15.5. The molecule has 1 aliphatic carbocycles. The van der Waals surface area contributed by atoms with Crippen molar-refractivity contribution >= 4 is 30.5 Å². The molecule has 0 unspecified atom stereocenters. The molecule has 1 aromatic rings. The molecular weight excluding hydrogens is 383 g/mol. The van der Waals surface area contributed by atoms with Gasteiger partial charge in [0, 0.05) is 6.42 Å². The molecule has 0 saturated carbocycles. The van der Waals surface area contributed by atoms with E-state index < -0.39 is 0 Å². The molecule has 3 heteroatoms. The van der Waals surface area contributed by atoms with Crippen molar-refractivity contribution < 1.29 is 18.5 Å². The van der Waals surface area contributed by atoms with Gasteiger partial charge in [0.25, 0.3) is 0 Å². The molecule has 73 valence electrons. The van der Waals surface area contributed by atoms with Gasteiger partial charge in [-0.2, -0.15) is 0 Å². The number of aryl methyl sites for hydroxylation is 2. The molecule has 0 atom stereocenters. The second-order valence-corrected chi connectivity index (χ2v) is 14.5. The maximum atomic E-state index is 3.23. The summed E-state index contributed by atoms with van der Waals surface area (Å²) in [7, 11) is 0. The first-order valence-electron chi connectivity index (χ1n) is 4.28. The number of hydrogen-bond acceptors (Lipinski definition) is 0. The van der Waals surface area contributed by atoms with E-state index in [0.717, 1.165) is 0 Å². The van der Waals surface area contributed by atoms with Crippen molar-refractivity contribution in [2.24, 2.45) is 0 Å². The molecule has 0 saturated heterocycles. The fourth-order valence-electron chi connectivity index (χ4n) is 1.54. The minimum atomic E-state index is -0.145. The third-order valence-electron chi connectivity index (χ3n) is 2.25. The summed E-state index contributed by atoms with van der Waals surface area (Å²) in [5.74, 6) is 0. The molecule has 1 aliphatic rings. The molecule has 0 aliphatic heterocycles. The molecule has 0 aromatic heterocycles. The van der Waals surface area contributed by atoms with E-state index in [4.69, 9.17) is 0 Å². The van der Waals surface area contributed by atoms with E-state index in [0.29, 0.717) is 0 Å². The van der Waals surface area contributed by atoms with Gasteiger partial charge in [-0.1, -0.05) is 24.3 Å². The number of allylic oxidation sites excluding steroid dienone is 1. The molecule has 0 bridgehead atoms. The molecule has 0 heterocycles. The summed E-state index contributed by atoms with van der Waals surface area (Å²) in [6.45, 7) is 4.31. The first-order chi connectivity index (χ1) is 6.70. The zero-order chi connectivity index (χ0) is 10.6. The van der Waals surface area contributed by atoms with Crippen LogP contribution in [0.15, 0.2) is 18.2 Å². The zero-order valence-electron chi connectivity index (χ0n) is 8.14. The van der Waals surface area contributed by atoms with Crippen molar-refractivity contribution in [3.63, 3.8) is 0 Å². The Morgan fingerprint density at radius 1 is 1.00 bits per heavy atom. The van der Waals surface area contributed by atoms with E-state index in [2.05, 4.69) is 69.0 Å². The Kier molecular flexibility index (Phi) is 5.88. The Labute approximate surface area is 109 Å². The third-order valence-corrected chi connectivity index (χ3v) is 2.25. The van der Waals surface area contributed by atoms with E-state index in [1.807, 2.05) is 0 Å². The Morgan fingerprint density at radius 3 is 2.00 bits per heavy atom. The number of hydrogen-bond donors (Lipinski definition) is 0. The van der Waals surface area contributed by atoms with Crippen molar-refractivity contribution in [2.75, 3.05) is 0 Å². The van der Waals surface area contributed by atoms with E-state index in [-0.39, 0.29) is 18.5 Å². The average Bonchev–Trinajstić information content (AvgIpc) is 2.62. The van der Waals surface area contributed by atoms with Crippen LogP contribution in [0.25, 0.3) is 6.08 Å². The Bertz CT molecular complexity index is 345. The van der Waals surface area contributed by atoms with Crippen molar-refractivity contribution in [1.82, 2.24) is 0 Å². The van der Waals surface area contributed by atoms with Crippen LogP contribution < -0.4 is 0 Å². The van der Waals surface area contributed by atoms with Crippen LogP contribution in [0.4, 0.5) is 0 Å². The molecule has 14 heavy (non-hydrogen) atoms. The molecule has 0 fully saturated rings. The summed E-state index contributed by atoms with van der Waals surface area (Å²) in [5.41, 5.74) is 5.53. The summed E-state index contributed by atoms with van der Waals surface area (Å²) < 4.78 is 0. The van der Waals surface area contributed by atoms with Crippen LogP contribution in [-0.2, 0) is 18.5 Å². The Hall–Kier alpha value is 0.803. The number of halogens is 2. The van der Waals surface area contributed by atoms with Crippen LogP contribution in [0.5, 0.6) is 0 Å². The predicted octanol–water partition coefficient (Wildman–Crippen LogP) is 4.57. The summed E-state index contributed by atoms with van der Waals surface area (Å²) >= 11 is 6.32. The molecule has 1 aromatic carbocycles. The van der Waals surface area contributed by atoms with Crippen molar-refractivity contribution in [2.45, 2.75) is 13.8 Å². The molecular formula is C11H11Br2Zr. The van der Waals surface area contributed by atoms with Gasteiger partial charge in [0.15, 0.2) is 0 Å². The normalized spacial score (nSPS) is 11.7. The third kappa shape index (κ3) is 3.15. The standard InChI is InChI=1S/C11H11.2BrH.Zr/c1-8-6-7-9(2)11-5-3-4-10(8)11;;;/h3-7H,1-2H3;2*1H;/q;;;+2/p-2. The van der Waals surface area contributed by atoms with Crippen LogP contribution >= 0.6 is 24.4 Å². The van der Waals surface area contributed by atoms with Crippen molar-refractivity contribution in [3.05, 3.63) is 46.9 Å². The SMILES string of the molecule is Cc1ccc(C)c2c1[CH]C=C2.[Br][Zr][Br]. The topological polar surface area (TPSA) is 0 Å².